The van der Waals surface area contributed by atoms with Gasteiger partial charge >= 0.3 is 0 Å². The van der Waals surface area contributed by atoms with E-state index in [-0.39, 0.29) is 18.4 Å². The SMILES string of the molecule is CN(CC(=O)NC1CC1)C(=O)c1cccc(N)c1Br. The number of likely N-dealkylation sites (N-methyl/N-ethyl adjacent to an activating group) is 1. The molecule has 0 heterocycles. The van der Waals surface area contributed by atoms with Crippen LogP contribution in [-0.4, -0.2) is 36.3 Å². The lowest BCUT2D eigenvalue weighted by molar-refractivity contribution is -0.121. The highest BCUT2D eigenvalue weighted by Gasteiger charge is 2.25. The van der Waals surface area contributed by atoms with Crippen LogP contribution in [0.3, 0.4) is 0 Å². The Balaban J connectivity index is 2.01. The monoisotopic (exact) mass is 325 g/mol. The van der Waals surface area contributed by atoms with Crippen molar-refractivity contribution in [3.8, 4) is 0 Å². The first kappa shape index (κ1) is 13.9. The van der Waals surface area contributed by atoms with Crippen LogP contribution in [-0.2, 0) is 4.79 Å². The first-order valence-corrected chi connectivity index (χ1v) is 6.87. The molecule has 1 aromatic rings. The molecule has 0 atom stereocenters. The van der Waals surface area contributed by atoms with Crippen LogP contribution in [0.5, 0.6) is 0 Å². The summed E-state index contributed by atoms with van der Waals surface area (Å²) < 4.78 is 0.564. The number of anilines is 1. The number of hydrogen-bond donors (Lipinski definition) is 2. The van der Waals surface area contributed by atoms with Crippen LogP contribution in [0.2, 0.25) is 0 Å². The zero-order chi connectivity index (χ0) is 14.0. The van der Waals surface area contributed by atoms with Gasteiger partial charge in [-0.15, -0.1) is 0 Å². The van der Waals surface area contributed by atoms with Crippen molar-refractivity contribution < 1.29 is 9.59 Å². The second-order valence-electron chi connectivity index (χ2n) is 4.71. The van der Waals surface area contributed by atoms with E-state index in [1.807, 2.05) is 0 Å². The molecule has 1 aromatic carbocycles. The molecule has 1 fully saturated rings. The van der Waals surface area contributed by atoms with E-state index in [0.29, 0.717) is 21.8 Å². The average molecular weight is 326 g/mol. The maximum absolute atomic E-state index is 12.2. The number of nitrogen functional groups attached to an aromatic ring is 1. The van der Waals surface area contributed by atoms with Crippen molar-refractivity contribution in [2.24, 2.45) is 0 Å². The van der Waals surface area contributed by atoms with E-state index in [9.17, 15) is 9.59 Å². The lowest BCUT2D eigenvalue weighted by atomic mass is 10.2. The molecule has 0 bridgehead atoms. The van der Waals surface area contributed by atoms with E-state index >= 15 is 0 Å². The number of rotatable bonds is 4. The molecule has 0 aromatic heterocycles. The largest absolute Gasteiger partial charge is 0.398 e. The zero-order valence-corrected chi connectivity index (χ0v) is 12.2. The molecule has 2 rings (SSSR count). The van der Waals surface area contributed by atoms with E-state index in [2.05, 4.69) is 21.2 Å². The fourth-order valence-corrected chi connectivity index (χ4v) is 2.14. The zero-order valence-electron chi connectivity index (χ0n) is 10.6. The molecular weight excluding hydrogens is 310 g/mol. The topological polar surface area (TPSA) is 75.4 Å². The predicted octanol–water partition coefficient (Wildman–Crippen LogP) is 1.38. The smallest absolute Gasteiger partial charge is 0.255 e. The highest BCUT2D eigenvalue weighted by molar-refractivity contribution is 9.10. The molecule has 2 amide bonds. The normalized spacial score (nSPS) is 14.0. The standard InChI is InChI=1S/C13H16BrN3O2/c1-17(7-11(18)16-8-5-6-8)13(19)9-3-2-4-10(15)12(9)14/h2-4,8H,5-7,15H2,1H3,(H,16,18). The van der Waals surface area contributed by atoms with Crippen molar-refractivity contribution >= 4 is 33.4 Å². The first-order valence-electron chi connectivity index (χ1n) is 6.08. The summed E-state index contributed by atoms with van der Waals surface area (Å²) in [6.07, 6.45) is 2.06. The van der Waals surface area contributed by atoms with Gasteiger partial charge in [-0.05, 0) is 40.9 Å². The maximum atomic E-state index is 12.2. The minimum atomic E-state index is -0.231. The number of nitrogens with two attached hydrogens (primary N) is 1. The third-order valence-electron chi connectivity index (χ3n) is 2.93. The summed E-state index contributed by atoms with van der Waals surface area (Å²) in [5.41, 5.74) is 6.70. The minimum absolute atomic E-state index is 0.0522. The molecule has 0 aliphatic heterocycles. The summed E-state index contributed by atoms with van der Waals surface area (Å²) in [7, 11) is 1.60. The van der Waals surface area contributed by atoms with Crippen molar-refractivity contribution in [3.05, 3.63) is 28.2 Å². The number of amides is 2. The molecule has 1 aliphatic rings. The van der Waals surface area contributed by atoms with Gasteiger partial charge in [0.1, 0.15) is 0 Å². The fourth-order valence-electron chi connectivity index (χ4n) is 1.71. The molecule has 6 heteroatoms. The van der Waals surface area contributed by atoms with Crippen molar-refractivity contribution in [1.82, 2.24) is 10.2 Å². The molecular formula is C13H16BrN3O2. The molecule has 1 aliphatic carbocycles. The van der Waals surface area contributed by atoms with Crippen LogP contribution < -0.4 is 11.1 Å². The number of hydrogen-bond acceptors (Lipinski definition) is 3. The highest BCUT2D eigenvalue weighted by atomic mass is 79.9. The molecule has 0 unspecified atom stereocenters. The quantitative estimate of drug-likeness (QED) is 0.821. The minimum Gasteiger partial charge on any atom is -0.398 e. The van der Waals surface area contributed by atoms with Crippen molar-refractivity contribution in [3.63, 3.8) is 0 Å². The summed E-state index contributed by atoms with van der Waals surface area (Å²) in [6, 6.07) is 5.40. The van der Waals surface area contributed by atoms with Gasteiger partial charge in [-0.2, -0.15) is 0 Å². The van der Waals surface area contributed by atoms with Gasteiger partial charge in [0.05, 0.1) is 16.6 Å². The van der Waals surface area contributed by atoms with Gasteiger partial charge < -0.3 is 16.0 Å². The van der Waals surface area contributed by atoms with Crippen molar-refractivity contribution in [2.45, 2.75) is 18.9 Å². The second-order valence-corrected chi connectivity index (χ2v) is 5.50. The van der Waals surface area contributed by atoms with E-state index in [1.165, 1.54) is 4.90 Å². The average Bonchev–Trinajstić information content (AvgIpc) is 3.15. The summed E-state index contributed by atoms with van der Waals surface area (Å²) in [4.78, 5) is 25.3. The summed E-state index contributed by atoms with van der Waals surface area (Å²) in [6.45, 7) is 0.0522. The second kappa shape index (κ2) is 5.61. The third-order valence-corrected chi connectivity index (χ3v) is 3.81. The number of benzene rings is 1. The van der Waals surface area contributed by atoms with Crippen LogP contribution in [0.1, 0.15) is 23.2 Å². The summed E-state index contributed by atoms with van der Waals surface area (Å²) >= 11 is 3.29. The van der Waals surface area contributed by atoms with Gasteiger partial charge in [0.25, 0.3) is 5.91 Å². The Kier molecular flexibility index (Phi) is 4.09. The highest BCUT2D eigenvalue weighted by Crippen LogP contribution is 2.24. The van der Waals surface area contributed by atoms with Crippen molar-refractivity contribution in [2.75, 3.05) is 19.3 Å². The van der Waals surface area contributed by atoms with Gasteiger partial charge in [-0.25, -0.2) is 0 Å². The van der Waals surface area contributed by atoms with E-state index < -0.39 is 0 Å². The number of carbonyl (C=O) groups is 2. The van der Waals surface area contributed by atoms with Crippen LogP contribution in [0, 0.1) is 0 Å². The van der Waals surface area contributed by atoms with Crippen LogP contribution in [0.15, 0.2) is 22.7 Å². The Hall–Kier alpha value is -1.56. The molecule has 102 valence electrons. The molecule has 0 radical (unpaired) electrons. The predicted molar refractivity (Wildman–Crippen MR) is 76.7 cm³/mol. The summed E-state index contributed by atoms with van der Waals surface area (Å²) in [5, 5.41) is 2.85. The Morgan fingerprint density at radius 2 is 2.16 bits per heavy atom. The summed E-state index contributed by atoms with van der Waals surface area (Å²) in [5.74, 6) is -0.358. The van der Waals surface area contributed by atoms with Crippen LogP contribution in [0.25, 0.3) is 0 Å². The fraction of sp³-hybridized carbons (Fsp3) is 0.385. The van der Waals surface area contributed by atoms with E-state index in [4.69, 9.17) is 5.73 Å². The molecule has 1 saturated carbocycles. The van der Waals surface area contributed by atoms with Gasteiger partial charge in [0.15, 0.2) is 0 Å². The molecule has 19 heavy (non-hydrogen) atoms. The van der Waals surface area contributed by atoms with Gasteiger partial charge in [-0.1, -0.05) is 6.07 Å². The first-order chi connectivity index (χ1) is 8.99. The Morgan fingerprint density at radius 3 is 2.79 bits per heavy atom. The van der Waals surface area contributed by atoms with E-state index in [1.54, 1.807) is 25.2 Å². The van der Waals surface area contributed by atoms with Crippen molar-refractivity contribution in [1.29, 1.82) is 0 Å². The van der Waals surface area contributed by atoms with Gasteiger partial charge in [0, 0.05) is 18.8 Å². The Bertz CT molecular complexity index is 515. The van der Waals surface area contributed by atoms with Crippen LogP contribution in [0.4, 0.5) is 5.69 Å². The maximum Gasteiger partial charge on any atom is 0.255 e. The molecule has 0 spiro atoms. The lowest BCUT2D eigenvalue weighted by Crippen LogP contribution is -2.39. The number of carbonyl (C=O) groups excluding carboxylic acids is 2. The lowest BCUT2D eigenvalue weighted by Gasteiger charge is -2.18. The molecule has 0 saturated heterocycles. The number of nitrogens with one attached hydrogen (secondary N) is 1. The number of nitrogens with zero attached hydrogens (tertiary/aromatic N) is 1. The van der Waals surface area contributed by atoms with E-state index in [0.717, 1.165) is 12.8 Å². The van der Waals surface area contributed by atoms with Gasteiger partial charge in [-0.3, -0.25) is 9.59 Å². The Labute approximate surface area is 120 Å². The van der Waals surface area contributed by atoms with Gasteiger partial charge in [0.2, 0.25) is 5.91 Å². The Morgan fingerprint density at radius 1 is 1.47 bits per heavy atom. The molecule has 5 nitrogen and oxygen atoms in total. The number of halogens is 1. The third kappa shape index (κ3) is 3.47. The van der Waals surface area contributed by atoms with Crippen LogP contribution >= 0.6 is 15.9 Å². The molecule has 3 N–H and O–H groups in total.